The first kappa shape index (κ1) is 9.85. The molecule has 0 bridgehead atoms. The van der Waals surface area contributed by atoms with Crippen LogP contribution in [-0.2, 0) is 0 Å². The van der Waals surface area contributed by atoms with Gasteiger partial charge in [-0.05, 0) is 6.07 Å². The minimum Gasteiger partial charge on any atom is -0.464 e. The van der Waals surface area contributed by atoms with E-state index in [9.17, 15) is 0 Å². The zero-order chi connectivity index (χ0) is 11.9. The van der Waals surface area contributed by atoms with Crippen LogP contribution in [0.15, 0.2) is 41.1 Å². The van der Waals surface area contributed by atoms with Crippen LogP contribution < -0.4 is 5.32 Å². The highest BCUT2D eigenvalue weighted by Gasteiger charge is 2.21. The van der Waals surface area contributed by atoms with Crippen molar-refractivity contribution in [1.29, 1.82) is 0 Å². The number of benzene rings is 1. The number of rotatable bonds is 2. The third-order valence-electron chi connectivity index (χ3n) is 3.40. The van der Waals surface area contributed by atoms with Crippen LogP contribution in [0.2, 0.25) is 0 Å². The van der Waals surface area contributed by atoms with E-state index < -0.39 is 0 Å². The van der Waals surface area contributed by atoms with Gasteiger partial charge in [0.1, 0.15) is 17.5 Å². The second kappa shape index (κ2) is 3.68. The summed E-state index contributed by atoms with van der Waals surface area (Å²) in [5, 5.41) is 12.7. The van der Waals surface area contributed by atoms with Crippen molar-refractivity contribution in [1.82, 2.24) is 20.3 Å². The number of hydrogen-bond acceptors (Lipinski definition) is 4. The normalized spacial score (nSPS) is 16.0. The molecule has 1 fully saturated rings. The highest BCUT2D eigenvalue weighted by molar-refractivity contribution is 5.92. The lowest BCUT2D eigenvalue weighted by molar-refractivity contribution is 0.313. The third-order valence-corrected chi connectivity index (χ3v) is 3.40. The van der Waals surface area contributed by atoms with E-state index in [1.807, 2.05) is 35.1 Å². The molecule has 1 aliphatic rings. The van der Waals surface area contributed by atoms with E-state index in [1.165, 1.54) is 0 Å². The first-order valence-electron chi connectivity index (χ1n) is 6.01. The quantitative estimate of drug-likeness (QED) is 0.742. The summed E-state index contributed by atoms with van der Waals surface area (Å²) in [6, 6.07) is 8.40. The number of para-hydroxylation sites is 1. The minimum absolute atomic E-state index is 0.435. The van der Waals surface area contributed by atoms with Gasteiger partial charge in [0.25, 0.3) is 0 Å². The molecule has 3 heterocycles. The average molecular weight is 240 g/mol. The number of furan rings is 1. The van der Waals surface area contributed by atoms with Crippen molar-refractivity contribution in [2.45, 2.75) is 6.04 Å². The molecule has 18 heavy (non-hydrogen) atoms. The molecule has 1 N–H and O–H groups in total. The van der Waals surface area contributed by atoms with Crippen molar-refractivity contribution in [3.63, 3.8) is 0 Å². The maximum absolute atomic E-state index is 5.52. The molecule has 5 heteroatoms. The lowest BCUT2D eigenvalue weighted by Crippen LogP contribution is -2.43. The van der Waals surface area contributed by atoms with Gasteiger partial charge in [-0.25, -0.2) is 4.68 Å². The average Bonchev–Trinajstić information content (AvgIpc) is 2.92. The maximum Gasteiger partial charge on any atom is 0.134 e. The summed E-state index contributed by atoms with van der Waals surface area (Å²) >= 11 is 0. The molecular weight excluding hydrogens is 228 g/mol. The first-order valence-corrected chi connectivity index (χ1v) is 6.01. The Hall–Kier alpha value is -2.14. The van der Waals surface area contributed by atoms with Crippen LogP contribution in [0.5, 0.6) is 0 Å². The number of aromatic nitrogens is 3. The minimum atomic E-state index is 0.435. The van der Waals surface area contributed by atoms with Crippen molar-refractivity contribution in [2.75, 3.05) is 13.1 Å². The second-order valence-corrected chi connectivity index (χ2v) is 4.54. The zero-order valence-electron chi connectivity index (χ0n) is 9.71. The van der Waals surface area contributed by atoms with Gasteiger partial charge in [0.2, 0.25) is 0 Å². The van der Waals surface area contributed by atoms with E-state index in [0.29, 0.717) is 6.04 Å². The van der Waals surface area contributed by atoms with E-state index in [0.717, 1.165) is 35.3 Å². The van der Waals surface area contributed by atoms with Crippen molar-refractivity contribution >= 4 is 11.0 Å². The molecule has 0 amide bonds. The van der Waals surface area contributed by atoms with Crippen molar-refractivity contribution < 1.29 is 4.42 Å². The number of nitrogens with one attached hydrogen (secondary N) is 1. The van der Waals surface area contributed by atoms with Gasteiger partial charge in [-0.15, -0.1) is 5.10 Å². The topological polar surface area (TPSA) is 55.9 Å². The molecule has 1 saturated heterocycles. The summed E-state index contributed by atoms with van der Waals surface area (Å²) in [4.78, 5) is 0. The van der Waals surface area contributed by atoms with E-state index >= 15 is 0 Å². The van der Waals surface area contributed by atoms with E-state index in [-0.39, 0.29) is 0 Å². The molecule has 0 unspecified atom stereocenters. The van der Waals surface area contributed by atoms with Crippen LogP contribution in [-0.4, -0.2) is 28.1 Å². The molecule has 90 valence electrons. The molecule has 0 spiro atoms. The molecule has 1 aromatic carbocycles. The van der Waals surface area contributed by atoms with Gasteiger partial charge < -0.3 is 9.73 Å². The third kappa shape index (κ3) is 1.37. The summed E-state index contributed by atoms with van der Waals surface area (Å²) in [5.74, 6) is 0. The Balaban J connectivity index is 1.79. The van der Waals surface area contributed by atoms with Gasteiger partial charge in [0.15, 0.2) is 0 Å². The lowest BCUT2D eigenvalue weighted by atomic mass is 10.1. The van der Waals surface area contributed by atoms with Gasteiger partial charge >= 0.3 is 0 Å². The highest BCUT2D eigenvalue weighted by Crippen LogP contribution is 2.29. The summed E-state index contributed by atoms with van der Waals surface area (Å²) in [6.07, 6.45) is 3.74. The molecule has 4 rings (SSSR count). The highest BCUT2D eigenvalue weighted by atomic mass is 16.3. The fourth-order valence-electron chi connectivity index (χ4n) is 2.22. The van der Waals surface area contributed by atoms with E-state index in [1.54, 1.807) is 6.26 Å². The second-order valence-electron chi connectivity index (χ2n) is 4.54. The Labute approximate surface area is 103 Å². The predicted octanol–water partition coefficient (Wildman–Crippen LogP) is 1.84. The molecule has 2 aromatic heterocycles. The van der Waals surface area contributed by atoms with Crippen LogP contribution in [0.3, 0.4) is 0 Å². The molecule has 3 aromatic rings. The van der Waals surface area contributed by atoms with Crippen molar-refractivity contribution in [3.8, 4) is 11.3 Å². The molecular formula is C13H12N4O. The smallest absolute Gasteiger partial charge is 0.134 e. The summed E-state index contributed by atoms with van der Waals surface area (Å²) in [5.41, 5.74) is 2.75. The van der Waals surface area contributed by atoms with Gasteiger partial charge in [0.05, 0.1) is 12.2 Å². The Morgan fingerprint density at radius 2 is 2.17 bits per heavy atom. The molecule has 0 aliphatic carbocycles. The van der Waals surface area contributed by atoms with Crippen molar-refractivity contribution in [2.24, 2.45) is 0 Å². The van der Waals surface area contributed by atoms with Crippen LogP contribution in [0.1, 0.15) is 6.04 Å². The number of nitrogens with zero attached hydrogens (tertiary/aromatic N) is 3. The Kier molecular flexibility index (Phi) is 2.01. The summed E-state index contributed by atoms with van der Waals surface area (Å²) in [7, 11) is 0. The molecule has 0 radical (unpaired) electrons. The monoisotopic (exact) mass is 240 g/mol. The van der Waals surface area contributed by atoms with Crippen molar-refractivity contribution in [3.05, 3.63) is 36.7 Å². The van der Waals surface area contributed by atoms with Crippen LogP contribution in [0, 0.1) is 0 Å². The van der Waals surface area contributed by atoms with Crippen LogP contribution in [0.25, 0.3) is 22.2 Å². The van der Waals surface area contributed by atoms with Gasteiger partial charge in [0, 0.05) is 24.0 Å². The summed E-state index contributed by atoms with van der Waals surface area (Å²) in [6.45, 7) is 1.93. The Morgan fingerprint density at radius 1 is 1.28 bits per heavy atom. The van der Waals surface area contributed by atoms with Gasteiger partial charge in [-0.1, -0.05) is 23.4 Å². The van der Waals surface area contributed by atoms with E-state index in [2.05, 4.69) is 15.6 Å². The molecule has 1 aliphatic heterocycles. The standard InChI is InChI=1S/C13H12N4O/c1-2-4-13-10(3-1)11(8-18-13)12-7-17(16-15-12)9-5-14-6-9/h1-4,7-9,14H,5-6H2. The zero-order valence-corrected chi connectivity index (χ0v) is 9.71. The summed E-state index contributed by atoms with van der Waals surface area (Å²) < 4.78 is 7.45. The molecule has 0 saturated carbocycles. The molecule has 5 nitrogen and oxygen atoms in total. The number of fused-ring (bicyclic) bond motifs is 1. The fourth-order valence-corrected chi connectivity index (χ4v) is 2.22. The maximum atomic E-state index is 5.52. The predicted molar refractivity (Wildman–Crippen MR) is 67.1 cm³/mol. The largest absolute Gasteiger partial charge is 0.464 e. The van der Waals surface area contributed by atoms with Gasteiger partial charge in [-0.3, -0.25) is 0 Å². The molecule has 0 atom stereocenters. The van der Waals surface area contributed by atoms with Crippen LogP contribution >= 0.6 is 0 Å². The lowest BCUT2D eigenvalue weighted by Gasteiger charge is -2.26. The number of hydrogen-bond donors (Lipinski definition) is 1. The van der Waals surface area contributed by atoms with E-state index in [4.69, 9.17) is 4.42 Å². The SMILES string of the molecule is c1ccc2c(-c3cn(C4CNC4)nn3)coc2c1. The first-order chi connectivity index (χ1) is 8.92. The Morgan fingerprint density at radius 3 is 3.00 bits per heavy atom. The Bertz CT molecular complexity index is 696. The van der Waals surface area contributed by atoms with Gasteiger partial charge in [-0.2, -0.15) is 0 Å². The van der Waals surface area contributed by atoms with Crippen LogP contribution in [0.4, 0.5) is 0 Å². The fraction of sp³-hybridized carbons (Fsp3) is 0.231.